The van der Waals surface area contributed by atoms with Gasteiger partial charge in [-0.15, -0.1) is 0 Å². The maximum Gasteiger partial charge on any atom is 0.407 e. The molecular formula is C36H49N3O8S2. The second kappa shape index (κ2) is 17.6. The number of aliphatic hydroxyl groups is 1. The first-order valence-corrected chi connectivity index (χ1v) is 19.0. The third-order valence-electron chi connectivity index (χ3n) is 8.24. The normalized spacial score (nSPS) is 20.0. The molecule has 4 rings (SSSR count). The maximum atomic E-state index is 13.5. The molecule has 0 bridgehead atoms. The SMILES string of the molecule is COC(=O)[C@@H](CC(C)C)NC(=O)[C@H]1O[C@@H](CNC(=O)[C@@H](CSSC(C)(C)C)NC(=O)OCC2c3ccccc3-c3ccccc32)CC[C@@H]1O. The minimum atomic E-state index is -1.22. The van der Waals surface area contributed by atoms with Gasteiger partial charge in [0.1, 0.15) is 18.7 Å². The summed E-state index contributed by atoms with van der Waals surface area (Å²) in [4.78, 5) is 51.9. The molecule has 0 unspecified atom stereocenters. The monoisotopic (exact) mass is 715 g/mol. The standard InChI is InChI=1S/C36H49N3O8S2/c1-21(2)17-28(34(43)45-6)38-33(42)31-30(40)16-15-22(47-31)18-37-32(41)29(20-48-49-36(3,4)5)39-35(44)46-19-27-25-13-9-7-11-23(25)24-12-8-10-14-26(24)27/h7-14,21-22,27-31,40H,15-20H2,1-6H3,(H,37,41)(H,38,42)(H,39,44)/t22-,28-,29-,30+,31+/m1/s1. The van der Waals surface area contributed by atoms with Crippen molar-refractivity contribution in [2.75, 3.05) is 26.0 Å². The van der Waals surface area contributed by atoms with Crippen LogP contribution in [0.4, 0.5) is 4.79 Å². The number of hydrogen-bond acceptors (Lipinski definition) is 10. The van der Waals surface area contributed by atoms with Gasteiger partial charge in [0.15, 0.2) is 6.10 Å². The van der Waals surface area contributed by atoms with Gasteiger partial charge >= 0.3 is 12.1 Å². The number of esters is 1. The van der Waals surface area contributed by atoms with Crippen LogP contribution in [0.3, 0.4) is 0 Å². The van der Waals surface area contributed by atoms with Crippen molar-refractivity contribution in [1.82, 2.24) is 16.0 Å². The summed E-state index contributed by atoms with van der Waals surface area (Å²) in [6.07, 6.45) is -2.52. The number of alkyl carbamates (subject to hydrolysis) is 1. The van der Waals surface area contributed by atoms with Crippen LogP contribution in [0.1, 0.15) is 70.9 Å². The molecule has 11 nitrogen and oxygen atoms in total. The minimum Gasteiger partial charge on any atom is -0.467 e. The Morgan fingerprint density at radius 1 is 0.959 bits per heavy atom. The number of amides is 3. The van der Waals surface area contributed by atoms with E-state index < -0.39 is 54.3 Å². The average Bonchev–Trinajstić information content (AvgIpc) is 3.38. The van der Waals surface area contributed by atoms with Gasteiger partial charge in [0, 0.05) is 23.0 Å². The zero-order chi connectivity index (χ0) is 35.7. The third kappa shape index (κ3) is 10.9. The van der Waals surface area contributed by atoms with Crippen LogP contribution in [0.2, 0.25) is 0 Å². The van der Waals surface area contributed by atoms with Crippen LogP contribution in [0, 0.1) is 5.92 Å². The number of aliphatic hydroxyl groups excluding tert-OH is 1. The summed E-state index contributed by atoms with van der Waals surface area (Å²) < 4.78 is 16.4. The molecule has 49 heavy (non-hydrogen) atoms. The first-order chi connectivity index (χ1) is 23.3. The quantitative estimate of drug-likeness (QED) is 0.159. The molecule has 1 heterocycles. The van der Waals surface area contributed by atoms with Gasteiger partial charge in [0.2, 0.25) is 5.91 Å². The smallest absolute Gasteiger partial charge is 0.407 e. The van der Waals surface area contributed by atoms with Crippen molar-refractivity contribution in [3.63, 3.8) is 0 Å². The lowest BCUT2D eigenvalue weighted by atomic mass is 9.98. The predicted molar refractivity (Wildman–Crippen MR) is 192 cm³/mol. The van der Waals surface area contributed by atoms with Crippen LogP contribution in [0.25, 0.3) is 11.1 Å². The molecule has 3 amide bonds. The molecule has 0 aromatic heterocycles. The van der Waals surface area contributed by atoms with Crippen LogP contribution >= 0.6 is 21.6 Å². The largest absolute Gasteiger partial charge is 0.467 e. The zero-order valence-corrected chi connectivity index (χ0v) is 30.7. The van der Waals surface area contributed by atoms with Crippen LogP contribution in [0.5, 0.6) is 0 Å². The molecule has 0 spiro atoms. The highest BCUT2D eigenvalue weighted by Gasteiger charge is 2.38. The molecular weight excluding hydrogens is 667 g/mol. The van der Waals surface area contributed by atoms with Crippen LogP contribution in [-0.4, -0.2) is 90.1 Å². The van der Waals surface area contributed by atoms with Crippen LogP contribution in [-0.2, 0) is 28.6 Å². The van der Waals surface area contributed by atoms with Crippen molar-refractivity contribution in [1.29, 1.82) is 0 Å². The van der Waals surface area contributed by atoms with Crippen molar-refractivity contribution in [2.24, 2.45) is 5.92 Å². The molecule has 5 atom stereocenters. The van der Waals surface area contributed by atoms with E-state index in [0.29, 0.717) is 12.8 Å². The van der Waals surface area contributed by atoms with Gasteiger partial charge in [-0.3, -0.25) is 9.59 Å². The van der Waals surface area contributed by atoms with E-state index in [2.05, 4.69) is 48.9 Å². The number of rotatable bonds is 14. The Morgan fingerprint density at radius 2 is 1.59 bits per heavy atom. The van der Waals surface area contributed by atoms with Crippen molar-refractivity contribution < 1.29 is 38.5 Å². The van der Waals surface area contributed by atoms with Crippen molar-refractivity contribution in [2.45, 2.75) is 94.9 Å². The van der Waals surface area contributed by atoms with Gasteiger partial charge in [-0.25, -0.2) is 9.59 Å². The maximum absolute atomic E-state index is 13.5. The van der Waals surface area contributed by atoms with E-state index in [-0.39, 0.29) is 41.9 Å². The number of carbonyl (C=O) groups is 4. The molecule has 1 aliphatic heterocycles. The van der Waals surface area contributed by atoms with E-state index in [1.807, 2.05) is 50.2 Å². The summed E-state index contributed by atoms with van der Waals surface area (Å²) >= 11 is 0. The minimum absolute atomic E-state index is 0.0572. The lowest BCUT2D eigenvalue weighted by molar-refractivity contribution is -0.161. The highest BCUT2D eigenvalue weighted by atomic mass is 33.1. The number of ether oxygens (including phenoxy) is 3. The second-order valence-electron chi connectivity index (χ2n) is 13.8. The lowest BCUT2D eigenvalue weighted by Crippen LogP contribution is -2.55. The van der Waals surface area contributed by atoms with E-state index in [4.69, 9.17) is 14.2 Å². The average molecular weight is 716 g/mol. The number of methoxy groups -OCH3 is 1. The van der Waals surface area contributed by atoms with E-state index in [1.54, 1.807) is 10.8 Å². The highest BCUT2D eigenvalue weighted by molar-refractivity contribution is 8.77. The first kappa shape index (κ1) is 38.5. The lowest BCUT2D eigenvalue weighted by Gasteiger charge is -2.34. The predicted octanol–water partition coefficient (Wildman–Crippen LogP) is 4.80. The molecule has 268 valence electrons. The fraction of sp³-hybridized carbons (Fsp3) is 0.556. The molecule has 2 aromatic rings. The van der Waals surface area contributed by atoms with E-state index >= 15 is 0 Å². The Hall–Kier alpha value is -3.26. The molecule has 0 saturated carbocycles. The molecule has 2 aromatic carbocycles. The van der Waals surface area contributed by atoms with Crippen LogP contribution < -0.4 is 16.0 Å². The molecule has 1 saturated heterocycles. The Kier molecular flexibility index (Phi) is 13.8. The molecule has 1 fully saturated rings. The number of fused-ring (bicyclic) bond motifs is 3. The molecule has 2 aliphatic rings. The van der Waals surface area contributed by atoms with Gasteiger partial charge < -0.3 is 35.3 Å². The molecule has 13 heteroatoms. The van der Waals surface area contributed by atoms with E-state index in [1.165, 1.54) is 17.9 Å². The van der Waals surface area contributed by atoms with Gasteiger partial charge in [-0.1, -0.05) is 105 Å². The van der Waals surface area contributed by atoms with E-state index in [9.17, 15) is 24.3 Å². The second-order valence-corrected chi connectivity index (χ2v) is 17.0. The topological polar surface area (TPSA) is 152 Å². The fourth-order valence-corrected chi connectivity index (χ4v) is 8.39. The fourth-order valence-electron chi connectivity index (χ4n) is 5.92. The zero-order valence-electron chi connectivity index (χ0n) is 29.0. The number of nitrogens with one attached hydrogen (secondary N) is 3. The van der Waals surface area contributed by atoms with Gasteiger partial charge in [-0.05, 0) is 47.4 Å². The van der Waals surface area contributed by atoms with Gasteiger partial charge in [-0.2, -0.15) is 0 Å². The molecule has 4 N–H and O–H groups in total. The number of hydrogen-bond donors (Lipinski definition) is 4. The summed E-state index contributed by atoms with van der Waals surface area (Å²) in [5, 5.41) is 18.8. The van der Waals surface area contributed by atoms with Gasteiger partial charge in [0.25, 0.3) is 5.91 Å². The van der Waals surface area contributed by atoms with Crippen molar-refractivity contribution in [3.05, 3.63) is 59.7 Å². The highest BCUT2D eigenvalue weighted by Crippen LogP contribution is 2.44. The van der Waals surface area contributed by atoms with Crippen molar-refractivity contribution in [3.8, 4) is 11.1 Å². The first-order valence-electron chi connectivity index (χ1n) is 16.7. The number of carbonyl (C=O) groups excluding carboxylic acids is 4. The molecule has 1 aliphatic carbocycles. The van der Waals surface area contributed by atoms with Crippen molar-refractivity contribution >= 4 is 45.5 Å². The summed E-state index contributed by atoms with van der Waals surface area (Å²) in [6, 6.07) is 14.4. The van der Waals surface area contributed by atoms with Gasteiger partial charge in [0.05, 0.1) is 19.3 Å². The Labute approximate surface area is 296 Å². The van der Waals surface area contributed by atoms with E-state index in [0.717, 1.165) is 22.3 Å². The molecule has 0 radical (unpaired) electrons. The Balaban J connectivity index is 1.35. The summed E-state index contributed by atoms with van der Waals surface area (Å²) in [7, 11) is 4.33. The Morgan fingerprint density at radius 3 is 2.18 bits per heavy atom. The third-order valence-corrected chi connectivity index (χ3v) is 11.6. The Bertz CT molecular complexity index is 1420. The summed E-state index contributed by atoms with van der Waals surface area (Å²) in [5.41, 5.74) is 4.42. The van der Waals surface area contributed by atoms with Crippen LogP contribution in [0.15, 0.2) is 48.5 Å². The summed E-state index contributed by atoms with van der Waals surface area (Å²) in [6.45, 7) is 10.2. The number of benzene rings is 2. The summed E-state index contributed by atoms with van der Waals surface area (Å²) in [5.74, 6) is -1.33.